The van der Waals surface area contributed by atoms with Crippen LogP contribution in [0.25, 0.3) is 0 Å². The molecule has 0 heterocycles. The fraction of sp³-hybridized carbons (Fsp3) is 0. The van der Waals surface area contributed by atoms with E-state index < -0.39 is 13.9 Å². The SMILES string of the molecule is Cl.O.[Cl][Sn]([Cl])([Cl])[Cl]. The topological polar surface area (TPSA) is 31.5 Å². The molecule has 0 unspecified atom stereocenters. The van der Waals surface area contributed by atoms with Crippen LogP contribution in [0.4, 0.5) is 0 Å². The summed E-state index contributed by atoms with van der Waals surface area (Å²) in [6.07, 6.45) is 0. The van der Waals surface area contributed by atoms with Crippen molar-refractivity contribution in [3.8, 4) is 0 Å². The Kier molecular flexibility index (Phi) is 14.6. The van der Waals surface area contributed by atoms with Gasteiger partial charge in [0.1, 0.15) is 0 Å². The Morgan fingerprint density at radius 1 is 0.857 bits per heavy atom. The van der Waals surface area contributed by atoms with Crippen LogP contribution in [-0.2, 0) is 0 Å². The third-order valence-corrected chi connectivity index (χ3v) is 0. The van der Waals surface area contributed by atoms with Gasteiger partial charge in [0, 0.05) is 0 Å². The fourth-order valence-electron chi connectivity index (χ4n) is 0. The van der Waals surface area contributed by atoms with Crippen LogP contribution in [0.5, 0.6) is 0 Å². The summed E-state index contributed by atoms with van der Waals surface area (Å²) in [6.45, 7) is 0. The Hall–Kier alpha value is 2.21. The monoisotopic (exact) mass is 314 g/mol. The second kappa shape index (κ2) is 6.33. The normalized spacial score (nSPS) is 8.57. The van der Waals surface area contributed by atoms with Gasteiger partial charge in [0.05, 0.1) is 0 Å². The Morgan fingerprint density at radius 3 is 0.857 bits per heavy atom. The van der Waals surface area contributed by atoms with Crippen molar-refractivity contribution in [3.63, 3.8) is 0 Å². The first-order valence-electron chi connectivity index (χ1n) is 0.756. The average Bonchev–Trinajstić information content (AvgIpc) is 0.722. The van der Waals surface area contributed by atoms with Gasteiger partial charge in [0.2, 0.25) is 0 Å². The zero-order chi connectivity index (χ0) is 4.50. The number of hydrogen-bond acceptors (Lipinski definition) is 0. The summed E-state index contributed by atoms with van der Waals surface area (Å²) in [5.74, 6) is 0. The van der Waals surface area contributed by atoms with Gasteiger partial charge in [-0.05, 0) is 0 Å². The summed E-state index contributed by atoms with van der Waals surface area (Å²) in [5.41, 5.74) is 0. The fourth-order valence-corrected chi connectivity index (χ4v) is 0. The maximum atomic E-state index is 5.04. The van der Waals surface area contributed by atoms with E-state index in [1.54, 1.807) is 0 Å². The van der Waals surface area contributed by atoms with Gasteiger partial charge in [0.25, 0.3) is 0 Å². The van der Waals surface area contributed by atoms with E-state index in [0.717, 1.165) is 0 Å². The molecule has 0 aliphatic heterocycles. The molecule has 48 valence electrons. The summed E-state index contributed by atoms with van der Waals surface area (Å²) in [7, 11) is 20.1. The Balaban J connectivity index is -0.0000000800. The summed E-state index contributed by atoms with van der Waals surface area (Å²) in [4.78, 5) is 0. The molecule has 0 amide bonds. The maximum absolute atomic E-state index is 5.04. The van der Waals surface area contributed by atoms with E-state index in [9.17, 15) is 0 Å². The van der Waals surface area contributed by atoms with Gasteiger partial charge < -0.3 is 5.48 Å². The first kappa shape index (κ1) is 16.1. The molecule has 0 spiro atoms. The van der Waals surface area contributed by atoms with Gasteiger partial charge in [-0.2, -0.15) is 0 Å². The van der Waals surface area contributed by atoms with Gasteiger partial charge in [-0.15, -0.1) is 12.4 Å². The second-order valence-electron chi connectivity index (χ2n) is 0.429. The van der Waals surface area contributed by atoms with Gasteiger partial charge in [0.15, 0.2) is 0 Å². The number of rotatable bonds is 0. The minimum atomic E-state index is -3.29. The number of halogens is 5. The van der Waals surface area contributed by atoms with Crippen molar-refractivity contribution >= 4 is 62.0 Å². The zero-order valence-electron chi connectivity index (χ0n) is 2.92. The first-order chi connectivity index (χ1) is 2.00. The van der Waals surface area contributed by atoms with Crippen molar-refractivity contribution in [1.29, 1.82) is 0 Å². The van der Waals surface area contributed by atoms with E-state index in [1.807, 2.05) is 0 Å². The molecule has 0 aliphatic rings. The van der Waals surface area contributed by atoms with E-state index in [1.165, 1.54) is 0 Å². The molecule has 1 nitrogen and oxygen atoms in total. The summed E-state index contributed by atoms with van der Waals surface area (Å²) in [6, 6.07) is 0. The standard InChI is InChI=1S/5ClH.H2O.Sn/h5*1H;1H2;/q;;;;;;+4/p-4. The quantitative estimate of drug-likeness (QED) is 0.612. The molecule has 0 radical (unpaired) electrons. The van der Waals surface area contributed by atoms with Gasteiger partial charge >= 0.3 is 49.6 Å². The average molecular weight is 315 g/mol. The molecule has 0 bridgehead atoms. The molecule has 0 aromatic carbocycles. The molecule has 0 fully saturated rings. The molecule has 0 saturated carbocycles. The van der Waals surface area contributed by atoms with Crippen LogP contribution < -0.4 is 0 Å². The third kappa shape index (κ3) is 64.9. The van der Waals surface area contributed by atoms with Crippen LogP contribution in [0.3, 0.4) is 0 Å². The van der Waals surface area contributed by atoms with Crippen molar-refractivity contribution in [2.45, 2.75) is 0 Å². The van der Waals surface area contributed by atoms with Crippen LogP contribution in [-0.4, -0.2) is 19.3 Å². The van der Waals surface area contributed by atoms with Crippen molar-refractivity contribution in [2.24, 2.45) is 0 Å². The van der Waals surface area contributed by atoms with E-state index in [2.05, 4.69) is 0 Å². The molecule has 0 aromatic heterocycles. The van der Waals surface area contributed by atoms with Gasteiger partial charge in [-0.3, -0.25) is 0 Å². The molecule has 0 aromatic rings. The Bertz CT molecular complexity index is 23.6. The van der Waals surface area contributed by atoms with E-state index >= 15 is 0 Å². The zero-order valence-corrected chi connectivity index (χ0v) is 9.61. The Labute approximate surface area is 66.7 Å². The molecule has 0 atom stereocenters. The first-order valence-corrected chi connectivity index (χ1v) is 15.2. The molecular weight excluding hydrogens is 312 g/mol. The minimum absolute atomic E-state index is 0. The summed E-state index contributed by atoms with van der Waals surface area (Å²) >= 11 is -3.29. The van der Waals surface area contributed by atoms with Crippen molar-refractivity contribution < 1.29 is 5.48 Å². The van der Waals surface area contributed by atoms with Crippen LogP contribution in [0, 0.1) is 0 Å². The van der Waals surface area contributed by atoms with E-state index in [4.69, 9.17) is 35.7 Å². The van der Waals surface area contributed by atoms with Crippen LogP contribution in [0.2, 0.25) is 0 Å². The summed E-state index contributed by atoms with van der Waals surface area (Å²) in [5, 5.41) is 0. The molecule has 7 heavy (non-hydrogen) atoms. The van der Waals surface area contributed by atoms with Crippen molar-refractivity contribution in [3.05, 3.63) is 0 Å². The van der Waals surface area contributed by atoms with Crippen molar-refractivity contribution in [2.75, 3.05) is 0 Å². The predicted molar refractivity (Wildman–Crippen MR) is 40.0 cm³/mol. The van der Waals surface area contributed by atoms with Gasteiger partial charge in [-0.1, -0.05) is 0 Å². The van der Waals surface area contributed by atoms with Crippen LogP contribution in [0.1, 0.15) is 0 Å². The molecule has 0 rings (SSSR count). The second-order valence-corrected chi connectivity index (χ2v) is 25.9. The predicted octanol–water partition coefficient (Wildman–Crippen LogP) is 1.97. The Morgan fingerprint density at radius 2 is 0.857 bits per heavy atom. The number of hydrogen-bond donors (Lipinski definition) is 0. The molecule has 0 saturated heterocycles. The summed E-state index contributed by atoms with van der Waals surface area (Å²) < 4.78 is 0. The molecule has 2 N–H and O–H groups in total. The molecule has 0 aliphatic carbocycles. The third-order valence-electron chi connectivity index (χ3n) is 0. The van der Waals surface area contributed by atoms with Crippen LogP contribution in [0.15, 0.2) is 0 Å². The van der Waals surface area contributed by atoms with E-state index in [0.29, 0.717) is 0 Å². The van der Waals surface area contributed by atoms with Gasteiger partial charge in [-0.25, -0.2) is 0 Å². The molecular formula is H3Cl5OSn. The van der Waals surface area contributed by atoms with Crippen molar-refractivity contribution in [1.82, 2.24) is 0 Å². The van der Waals surface area contributed by atoms with E-state index in [-0.39, 0.29) is 17.9 Å². The molecule has 7 heteroatoms. The van der Waals surface area contributed by atoms with Crippen LogP contribution >= 0.6 is 48.1 Å².